The summed E-state index contributed by atoms with van der Waals surface area (Å²) in [6.07, 6.45) is 0.730. The first-order chi connectivity index (χ1) is 11.0. The number of nitro groups is 1. The summed E-state index contributed by atoms with van der Waals surface area (Å²) in [7, 11) is 0. The van der Waals surface area contributed by atoms with E-state index in [0.29, 0.717) is 28.1 Å². The SMILES string of the molecule is CCOc1cc(C=O)cc(Br)c1OCc1ccc([N+](=O)[O-])cc1. The average Bonchev–Trinajstić information content (AvgIpc) is 2.54. The van der Waals surface area contributed by atoms with Crippen molar-refractivity contribution in [1.29, 1.82) is 0 Å². The Morgan fingerprint density at radius 3 is 2.48 bits per heavy atom. The number of hydrogen-bond acceptors (Lipinski definition) is 5. The molecular formula is C16H14BrNO5. The second-order valence-electron chi connectivity index (χ2n) is 4.59. The Kier molecular flexibility index (Phi) is 5.70. The summed E-state index contributed by atoms with van der Waals surface area (Å²) >= 11 is 3.36. The molecule has 0 fully saturated rings. The number of carbonyl (C=O) groups is 1. The summed E-state index contributed by atoms with van der Waals surface area (Å²) in [4.78, 5) is 21.1. The molecule has 0 aromatic heterocycles. The molecule has 0 bridgehead atoms. The van der Waals surface area contributed by atoms with E-state index in [1.165, 1.54) is 12.1 Å². The lowest BCUT2D eigenvalue weighted by molar-refractivity contribution is -0.384. The van der Waals surface area contributed by atoms with Crippen molar-refractivity contribution in [2.75, 3.05) is 6.61 Å². The van der Waals surface area contributed by atoms with Crippen molar-refractivity contribution in [1.82, 2.24) is 0 Å². The van der Waals surface area contributed by atoms with Crippen LogP contribution in [-0.2, 0) is 6.61 Å². The van der Waals surface area contributed by atoms with Gasteiger partial charge in [0.2, 0.25) is 0 Å². The van der Waals surface area contributed by atoms with Gasteiger partial charge in [-0.15, -0.1) is 0 Å². The van der Waals surface area contributed by atoms with Gasteiger partial charge in [0.25, 0.3) is 5.69 Å². The standard InChI is InChI=1S/C16H14BrNO5/c1-2-22-15-8-12(9-19)7-14(17)16(15)23-10-11-3-5-13(6-4-11)18(20)21/h3-9H,2,10H2,1H3. The minimum absolute atomic E-state index is 0.0280. The molecule has 2 aromatic rings. The van der Waals surface area contributed by atoms with Gasteiger partial charge in [-0.1, -0.05) is 0 Å². The van der Waals surface area contributed by atoms with Crippen molar-refractivity contribution in [3.63, 3.8) is 0 Å². The van der Waals surface area contributed by atoms with Gasteiger partial charge in [0, 0.05) is 17.7 Å². The summed E-state index contributed by atoms with van der Waals surface area (Å²) in [5.41, 5.74) is 1.28. The molecule has 2 rings (SSSR count). The molecule has 0 N–H and O–H groups in total. The fraction of sp³-hybridized carbons (Fsp3) is 0.188. The number of ether oxygens (including phenoxy) is 2. The Morgan fingerprint density at radius 2 is 1.91 bits per heavy atom. The van der Waals surface area contributed by atoms with Crippen LogP contribution in [0.5, 0.6) is 11.5 Å². The van der Waals surface area contributed by atoms with Crippen LogP contribution >= 0.6 is 15.9 Å². The highest BCUT2D eigenvalue weighted by Crippen LogP contribution is 2.37. The van der Waals surface area contributed by atoms with Crippen molar-refractivity contribution in [3.8, 4) is 11.5 Å². The minimum atomic E-state index is -0.452. The van der Waals surface area contributed by atoms with E-state index in [9.17, 15) is 14.9 Å². The summed E-state index contributed by atoms with van der Waals surface area (Å²) in [5.74, 6) is 0.946. The molecule has 0 radical (unpaired) electrons. The molecule has 0 aliphatic rings. The van der Waals surface area contributed by atoms with Crippen molar-refractivity contribution in [3.05, 3.63) is 62.1 Å². The molecule has 0 spiro atoms. The number of non-ortho nitro benzene ring substituents is 1. The molecule has 0 heterocycles. The average molecular weight is 380 g/mol. The van der Waals surface area contributed by atoms with E-state index in [0.717, 1.165) is 11.8 Å². The molecule has 0 saturated carbocycles. The predicted molar refractivity (Wildman–Crippen MR) is 88.1 cm³/mol. The zero-order valence-electron chi connectivity index (χ0n) is 12.3. The van der Waals surface area contributed by atoms with Crippen LogP contribution in [0.25, 0.3) is 0 Å². The van der Waals surface area contributed by atoms with Gasteiger partial charge in [-0.3, -0.25) is 14.9 Å². The quantitative estimate of drug-likeness (QED) is 0.410. The molecule has 0 aliphatic heterocycles. The Labute approximate surface area is 141 Å². The van der Waals surface area contributed by atoms with Gasteiger partial charge in [0.05, 0.1) is 16.0 Å². The lowest BCUT2D eigenvalue weighted by Gasteiger charge is -2.14. The monoisotopic (exact) mass is 379 g/mol. The Bertz CT molecular complexity index is 715. The van der Waals surface area contributed by atoms with Crippen molar-refractivity contribution >= 4 is 27.9 Å². The number of benzene rings is 2. The van der Waals surface area contributed by atoms with Crippen LogP contribution < -0.4 is 9.47 Å². The second-order valence-corrected chi connectivity index (χ2v) is 5.45. The lowest BCUT2D eigenvalue weighted by atomic mass is 10.2. The van der Waals surface area contributed by atoms with Gasteiger partial charge in [0.15, 0.2) is 11.5 Å². The minimum Gasteiger partial charge on any atom is -0.490 e. The predicted octanol–water partition coefficient (Wildman–Crippen LogP) is 4.15. The third-order valence-corrected chi connectivity index (χ3v) is 3.59. The smallest absolute Gasteiger partial charge is 0.269 e. The normalized spacial score (nSPS) is 10.2. The topological polar surface area (TPSA) is 78.7 Å². The fourth-order valence-corrected chi connectivity index (χ4v) is 2.50. The number of halogens is 1. The molecule has 6 nitrogen and oxygen atoms in total. The maximum absolute atomic E-state index is 10.9. The van der Waals surface area contributed by atoms with E-state index in [-0.39, 0.29) is 12.3 Å². The van der Waals surface area contributed by atoms with E-state index < -0.39 is 4.92 Å². The van der Waals surface area contributed by atoms with E-state index >= 15 is 0 Å². The van der Waals surface area contributed by atoms with Crippen LogP contribution in [0.1, 0.15) is 22.8 Å². The molecule has 23 heavy (non-hydrogen) atoms. The van der Waals surface area contributed by atoms with Crippen LogP contribution in [0.2, 0.25) is 0 Å². The first kappa shape index (κ1) is 17.0. The summed E-state index contributed by atoms with van der Waals surface area (Å²) in [6.45, 7) is 2.49. The third-order valence-electron chi connectivity index (χ3n) is 3.00. The van der Waals surface area contributed by atoms with Gasteiger partial charge < -0.3 is 9.47 Å². The van der Waals surface area contributed by atoms with E-state index in [4.69, 9.17) is 9.47 Å². The van der Waals surface area contributed by atoms with Crippen LogP contribution in [0, 0.1) is 10.1 Å². The maximum Gasteiger partial charge on any atom is 0.269 e. The molecule has 0 saturated heterocycles. The molecule has 0 unspecified atom stereocenters. The molecular weight excluding hydrogens is 366 g/mol. The van der Waals surface area contributed by atoms with Gasteiger partial charge in [0.1, 0.15) is 12.9 Å². The summed E-state index contributed by atoms with van der Waals surface area (Å²) in [6, 6.07) is 9.35. The lowest BCUT2D eigenvalue weighted by Crippen LogP contribution is -2.01. The van der Waals surface area contributed by atoms with Gasteiger partial charge in [-0.05, 0) is 52.7 Å². The van der Waals surface area contributed by atoms with Gasteiger partial charge in [-0.25, -0.2) is 0 Å². The molecule has 0 atom stereocenters. The largest absolute Gasteiger partial charge is 0.490 e. The zero-order chi connectivity index (χ0) is 16.8. The Hall–Kier alpha value is -2.41. The number of nitrogens with zero attached hydrogens (tertiary/aromatic N) is 1. The van der Waals surface area contributed by atoms with Crippen molar-refractivity contribution in [2.24, 2.45) is 0 Å². The van der Waals surface area contributed by atoms with Crippen molar-refractivity contribution in [2.45, 2.75) is 13.5 Å². The van der Waals surface area contributed by atoms with E-state index in [2.05, 4.69) is 15.9 Å². The molecule has 120 valence electrons. The number of carbonyl (C=O) groups excluding carboxylic acids is 1. The Balaban J connectivity index is 2.18. The van der Waals surface area contributed by atoms with Crippen LogP contribution in [0.15, 0.2) is 40.9 Å². The molecule has 0 aliphatic carbocycles. The molecule has 7 heteroatoms. The van der Waals surface area contributed by atoms with Crippen LogP contribution in [-0.4, -0.2) is 17.8 Å². The number of aldehydes is 1. The fourth-order valence-electron chi connectivity index (χ4n) is 1.93. The maximum atomic E-state index is 10.9. The first-order valence-electron chi connectivity index (χ1n) is 6.82. The van der Waals surface area contributed by atoms with Crippen molar-refractivity contribution < 1.29 is 19.2 Å². The number of nitro benzene ring substituents is 1. The van der Waals surface area contributed by atoms with E-state index in [1.807, 2.05) is 6.92 Å². The second kappa shape index (κ2) is 7.73. The highest BCUT2D eigenvalue weighted by molar-refractivity contribution is 9.10. The first-order valence-corrected chi connectivity index (χ1v) is 7.62. The molecule has 0 amide bonds. The highest BCUT2D eigenvalue weighted by Gasteiger charge is 2.13. The number of rotatable bonds is 7. The van der Waals surface area contributed by atoms with Crippen LogP contribution in [0.4, 0.5) is 5.69 Å². The zero-order valence-corrected chi connectivity index (χ0v) is 13.9. The molecule has 2 aromatic carbocycles. The Morgan fingerprint density at radius 1 is 1.22 bits per heavy atom. The van der Waals surface area contributed by atoms with E-state index in [1.54, 1.807) is 24.3 Å². The third kappa shape index (κ3) is 4.29. The van der Waals surface area contributed by atoms with Gasteiger partial charge in [-0.2, -0.15) is 0 Å². The summed E-state index contributed by atoms with van der Waals surface area (Å²) < 4.78 is 11.8. The number of hydrogen-bond donors (Lipinski definition) is 0. The van der Waals surface area contributed by atoms with Crippen LogP contribution in [0.3, 0.4) is 0 Å². The van der Waals surface area contributed by atoms with Gasteiger partial charge >= 0.3 is 0 Å². The highest BCUT2D eigenvalue weighted by atomic mass is 79.9. The summed E-state index contributed by atoms with van der Waals surface area (Å²) in [5, 5.41) is 10.6.